The highest BCUT2D eigenvalue weighted by molar-refractivity contribution is 5.55. The Kier molecular flexibility index (Phi) is 1.96. The molecule has 0 saturated heterocycles. The molecular formula is C14H16O. The van der Waals surface area contributed by atoms with Gasteiger partial charge in [-0.3, -0.25) is 0 Å². The topological polar surface area (TPSA) is 20.2 Å². The Hall–Kier alpha value is -1.08. The molecule has 0 radical (unpaired) electrons. The molecule has 1 heteroatoms. The first-order valence-corrected chi connectivity index (χ1v) is 5.73. The molecule has 2 bridgehead atoms. The number of rotatable bonds is 1. The summed E-state index contributed by atoms with van der Waals surface area (Å²) in [4.78, 5) is 0. The van der Waals surface area contributed by atoms with Crippen LogP contribution < -0.4 is 0 Å². The van der Waals surface area contributed by atoms with Gasteiger partial charge in [0, 0.05) is 0 Å². The molecule has 2 unspecified atom stereocenters. The van der Waals surface area contributed by atoms with Crippen LogP contribution in [0.3, 0.4) is 0 Å². The molecule has 78 valence electrons. The second kappa shape index (κ2) is 3.21. The summed E-state index contributed by atoms with van der Waals surface area (Å²) >= 11 is 0. The zero-order valence-electron chi connectivity index (χ0n) is 8.82. The van der Waals surface area contributed by atoms with Crippen molar-refractivity contribution in [1.29, 1.82) is 0 Å². The number of fused-ring (bicyclic) bond motifs is 2. The van der Waals surface area contributed by atoms with Crippen molar-refractivity contribution in [3.8, 4) is 0 Å². The molecule has 1 N–H and O–H groups in total. The van der Waals surface area contributed by atoms with Crippen molar-refractivity contribution in [1.82, 2.24) is 0 Å². The number of hydrogen-bond donors (Lipinski definition) is 1. The summed E-state index contributed by atoms with van der Waals surface area (Å²) < 4.78 is 0. The minimum absolute atomic E-state index is 0.356. The first kappa shape index (κ1) is 9.17. The number of aliphatic hydroxyl groups is 1. The van der Waals surface area contributed by atoms with Crippen LogP contribution in [0.25, 0.3) is 6.08 Å². The van der Waals surface area contributed by atoms with Crippen LogP contribution in [0, 0.1) is 5.92 Å². The molecule has 0 spiro atoms. The summed E-state index contributed by atoms with van der Waals surface area (Å²) in [6.07, 6.45) is 6.33. The third-order valence-electron chi connectivity index (χ3n) is 3.79. The maximum Gasteiger partial charge on any atom is 0.0690 e. The lowest BCUT2D eigenvalue weighted by Crippen LogP contribution is -2.21. The van der Waals surface area contributed by atoms with Gasteiger partial charge in [-0.25, -0.2) is 0 Å². The predicted octanol–water partition coefficient (Wildman–Crippen LogP) is 3.00. The quantitative estimate of drug-likeness (QED) is 0.738. The highest BCUT2D eigenvalue weighted by Crippen LogP contribution is 2.51. The van der Waals surface area contributed by atoms with Gasteiger partial charge in [0.25, 0.3) is 0 Å². The molecule has 2 atom stereocenters. The summed E-state index contributed by atoms with van der Waals surface area (Å²) in [7, 11) is 0. The summed E-state index contributed by atoms with van der Waals surface area (Å²) in [6.45, 7) is 0. The minimum Gasteiger partial charge on any atom is -0.390 e. The van der Waals surface area contributed by atoms with E-state index in [4.69, 9.17) is 0 Å². The van der Waals surface area contributed by atoms with Crippen molar-refractivity contribution in [2.45, 2.75) is 31.3 Å². The third-order valence-corrected chi connectivity index (χ3v) is 3.79. The average molecular weight is 200 g/mol. The molecule has 1 nitrogen and oxygen atoms in total. The first-order valence-electron chi connectivity index (χ1n) is 5.73. The zero-order chi connectivity index (χ0) is 10.3. The van der Waals surface area contributed by atoms with Crippen molar-refractivity contribution in [2.24, 2.45) is 5.92 Å². The lowest BCUT2D eigenvalue weighted by atomic mass is 9.91. The molecule has 1 aromatic rings. The molecular weight excluding hydrogens is 184 g/mol. The van der Waals surface area contributed by atoms with Gasteiger partial charge in [0.05, 0.1) is 5.60 Å². The van der Waals surface area contributed by atoms with Gasteiger partial charge in [-0.2, -0.15) is 0 Å². The number of benzene rings is 1. The van der Waals surface area contributed by atoms with Gasteiger partial charge in [-0.1, -0.05) is 42.0 Å². The van der Waals surface area contributed by atoms with Gasteiger partial charge in [-0.15, -0.1) is 0 Å². The van der Waals surface area contributed by atoms with Crippen LogP contribution in [0.2, 0.25) is 0 Å². The van der Waals surface area contributed by atoms with Crippen molar-refractivity contribution in [3.05, 3.63) is 41.5 Å². The lowest BCUT2D eigenvalue weighted by Gasteiger charge is -2.20. The fourth-order valence-electron chi connectivity index (χ4n) is 3.04. The molecule has 0 amide bonds. The molecule has 0 aromatic heterocycles. The highest BCUT2D eigenvalue weighted by atomic mass is 16.3. The van der Waals surface area contributed by atoms with Gasteiger partial charge >= 0.3 is 0 Å². The van der Waals surface area contributed by atoms with E-state index in [1.165, 1.54) is 17.6 Å². The zero-order valence-corrected chi connectivity index (χ0v) is 8.82. The first-order chi connectivity index (χ1) is 7.25. The van der Waals surface area contributed by atoms with E-state index in [1.54, 1.807) is 0 Å². The van der Waals surface area contributed by atoms with E-state index in [2.05, 4.69) is 30.3 Å². The Bertz CT molecular complexity index is 393. The third kappa shape index (κ3) is 1.61. The molecule has 2 aliphatic rings. The van der Waals surface area contributed by atoms with E-state index in [-0.39, 0.29) is 5.60 Å². The summed E-state index contributed by atoms with van der Waals surface area (Å²) in [6, 6.07) is 10.4. The maximum atomic E-state index is 10.1. The molecule has 2 saturated carbocycles. The Morgan fingerprint density at radius 3 is 2.67 bits per heavy atom. The Balaban J connectivity index is 1.88. The van der Waals surface area contributed by atoms with E-state index >= 15 is 0 Å². The van der Waals surface area contributed by atoms with Crippen LogP contribution in [0.15, 0.2) is 35.9 Å². The van der Waals surface area contributed by atoms with Crippen LogP contribution >= 0.6 is 0 Å². The van der Waals surface area contributed by atoms with E-state index in [1.807, 2.05) is 6.07 Å². The smallest absolute Gasteiger partial charge is 0.0690 e. The van der Waals surface area contributed by atoms with Crippen LogP contribution in [-0.4, -0.2) is 10.7 Å². The van der Waals surface area contributed by atoms with E-state index < -0.39 is 0 Å². The van der Waals surface area contributed by atoms with E-state index in [9.17, 15) is 5.11 Å². The monoisotopic (exact) mass is 200 g/mol. The molecule has 0 heterocycles. The summed E-state index contributed by atoms with van der Waals surface area (Å²) in [5, 5.41) is 10.1. The van der Waals surface area contributed by atoms with Gasteiger partial charge in [0.2, 0.25) is 0 Å². The minimum atomic E-state index is -0.356. The molecule has 2 fully saturated rings. The van der Waals surface area contributed by atoms with Crippen molar-refractivity contribution in [2.75, 3.05) is 0 Å². The van der Waals surface area contributed by atoms with Gasteiger partial charge in [-0.05, 0) is 37.2 Å². The highest BCUT2D eigenvalue weighted by Gasteiger charge is 2.46. The summed E-state index contributed by atoms with van der Waals surface area (Å²) in [5.74, 6) is 0.648. The van der Waals surface area contributed by atoms with Crippen LogP contribution in [-0.2, 0) is 0 Å². The van der Waals surface area contributed by atoms with Crippen LogP contribution in [0.5, 0.6) is 0 Å². The van der Waals surface area contributed by atoms with Crippen molar-refractivity contribution >= 4 is 6.08 Å². The number of hydrogen-bond acceptors (Lipinski definition) is 1. The fourth-order valence-corrected chi connectivity index (χ4v) is 3.04. The second-order valence-electron chi connectivity index (χ2n) is 4.97. The SMILES string of the molecule is OC12CCC(C1)C(=Cc1ccccc1)C2. The van der Waals surface area contributed by atoms with E-state index in [0.29, 0.717) is 5.92 Å². The summed E-state index contributed by atoms with van der Waals surface area (Å²) in [5.41, 5.74) is 2.37. The lowest BCUT2D eigenvalue weighted by molar-refractivity contribution is 0.0582. The standard InChI is InChI=1S/C14H16O/c15-14-7-6-12(9-14)13(10-14)8-11-4-2-1-3-5-11/h1-5,8,12,15H,6-7,9-10H2. The fraction of sp³-hybridized carbons (Fsp3) is 0.429. The molecule has 3 rings (SSSR count). The predicted molar refractivity (Wildman–Crippen MR) is 61.3 cm³/mol. The molecule has 0 aliphatic heterocycles. The van der Waals surface area contributed by atoms with Gasteiger partial charge in [0.1, 0.15) is 0 Å². The molecule has 2 aliphatic carbocycles. The second-order valence-corrected chi connectivity index (χ2v) is 4.97. The normalized spacial score (nSPS) is 36.3. The van der Waals surface area contributed by atoms with Crippen LogP contribution in [0.4, 0.5) is 0 Å². The molecule has 15 heavy (non-hydrogen) atoms. The van der Waals surface area contributed by atoms with E-state index in [0.717, 1.165) is 19.3 Å². The Labute approximate surface area is 90.4 Å². The van der Waals surface area contributed by atoms with Gasteiger partial charge < -0.3 is 5.11 Å². The Morgan fingerprint density at radius 1 is 1.27 bits per heavy atom. The maximum absolute atomic E-state index is 10.1. The molecule has 1 aromatic carbocycles. The van der Waals surface area contributed by atoms with Crippen LogP contribution in [0.1, 0.15) is 31.2 Å². The average Bonchev–Trinajstić information content (AvgIpc) is 2.74. The Morgan fingerprint density at radius 2 is 2.07 bits per heavy atom. The largest absolute Gasteiger partial charge is 0.390 e. The van der Waals surface area contributed by atoms with Gasteiger partial charge in [0.15, 0.2) is 0 Å². The van der Waals surface area contributed by atoms with Crippen molar-refractivity contribution < 1.29 is 5.11 Å². The van der Waals surface area contributed by atoms with Crippen molar-refractivity contribution in [3.63, 3.8) is 0 Å².